The molecule has 1 atom stereocenters. The minimum absolute atomic E-state index is 0.327. The summed E-state index contributed by atoms with van der Waals surface area (Å²) in [5, 5.41) is 4.43. The molecule has 2 aromatic rings. The Bertz CT molecular complexity index is 717. The average molecular weight is 335 g/mol. The first-order valence-electron chi connectivity index (χ1n) is 6.97. The predicted molar refractivity (Wildman–Crippen MR) is 88.4 cm³/mol. The molecule has 4 nitrogen and oxygen atoms in total. The number of hydrazone groups is 1. The van der Waals surface area contributed by atoms with Crippen LogP contribution in [0.4, 0.5) is 4.39 Å². The van der Waals surface area contributed by atoms with E-state index in [9.17, 15) is 9.18 Å². The molecule has 0 saturated carbocycles. The van der Waals surface area contributed by atoms with Crippen LogP contribution in [0.5, 0.6) is 5.75 Å². The molecule has 0 aliphatic carbocycles. The van der Waals surface area contributed by atoms with Crippen LogP contribution in [0.15, 0.2) is 47.6 Å². The van der Waals surface area contributed by atoms with Crippen LogP contribution in [0, 0.1) is 12.7 Å². The van der Waals surface area contributed by atoms with E-state index in [2.05, 4.69) is 10.5 Å². The van der Waals surface area contributed by atoms with Gasteiger partial charge in [0.05, 0.1) is 6.21 Å². The minimum atomic E-state index is -0.722. The molecule has 0 unspecified atom stereocenters. The van der Waals surface area contributed by atoms with Crippen LogP contribution in [0.2, 0.25) is 5.02 Å². The summed E-state index contributed by atoms with van der Waals surface area (Å²) in [6.45, 7) is 3.47. The summed E-state index contributed by atoms with van der Waals surface area (Å²) in [6, 6.07) is 10.9. The third-order valence-electron chi connectivity index (χ3n) is 3.07. The summed E-state index contributed by atoms with van der Waals surface area (Å²) in [4.78, 5) is 11.9. The van der Waals surface area contributed by atoms with Crippen molar-refractivity contribution in [3.05, 3.63) is 64.4 Å². The molecule has 120 valence electrons. The zero-order valence-electron chi connectivity index (χ0n) is 12.7. The molecule has 2 rings (SSSR count). The van der Waals surface area contributed by atoms with Gasteiger partial charge in [-0.15, -0.1) is 0 Å². The predicted octanol–water partition coefficient (Wildman–Crippen LogP) is 3.71. The van der Waals surface area contributed by atoms with E-state index in [0.717, 1.165) is 5.56 Å². The second-order valence-corrected chi connectivity index (χ2v) is 5.39. The number of rotatable bonds is 5. The van der Waals surface area contributed by atoms with Crippen LogP contribution in [-0.4, -0.2) is 18.2 Å². The molecule has 2 aromatic carbocycles. The lowest BCUT2D eigenvalue weighted by Gasteiger charge is -2.14. The Balaban J connectivity index is 1.90. The first-order valence-corrected chi connectivity index (χ1v) is 7.35. The van der Waals surface area contributed by atoms with Gasteiger partial charge in [0.25, 0.3) is 5.91 Å². The molecule has 0 heterocycles. The van der Waals surface area contributed by atoms with Crippen LogP contribution in [-0.2, 0) is 4.79 Å². The van der Waals surface area contributed by atoms with Crippen LogP contribution in [0.3, 0.4) is 0 Å². The highest BCUT2D eigenvalue weighted by atomic mass is 35.5. The minimum Gasteiger partial charge on any atom is -0.481 e. The zero-order chi connectivity index (χ0) is 16.8. The van der Waals surface area contributed by atoms with Gasteiger partial charge in [-0.1, -0.05) is 23.7 Å². The topological polar surface area (TPSA) is 50.7 Å². The first kappa shape index (κ1) is 17.0. The normalized spacial score (nSPS) is 12.2. The Morgan fingerprint density at radius 3 is 2.65 bits per heavy atom. The number of hydrogen-bond donors (Lipinski definition) is 1. The molecule has 0 bridgehead atoms. The Morgan fingerprint density at radius 1 is 1.30 bits per heavy atom. The molecule has 0 aliphatic heterocycles. The van der Waals surface area contributed by atoms with Gasteiger partial charge in [0.1, 0.15) is 11.6 Å². The van der Waals surface area contributed by atoms with E-state index in [4.69, 9.17) is 16.3 Å². The lowest BCUT2D eigenvalue weighted by atomic mass is 10.2. The van der Waals surface area contributed by atoms with E-state index in [-0.39, 0.29) is 5.82 Å². The van der Waals surface area contributed by atoms with Crippen molar-refractivity contribution in [1.82, 2.24) is 5.43 Å². The van der Waals surface area contributed by atoms with Gasteiger partial charge in [-0.05, 0) is 55.3 Å². The summed E-state index contributed by atoms with van der Waals surface area (Å²) in [7, 11) is 0. The summed E-state index contributed by atoms with van der Waals surface area (Å²) >= 11 is 5.88. The van der Waals surface area contributed by atoms with Gasteiger partial charge < -0.3 is 4.74 Å². The first-order chi connectivity index (χ1) is 11.0. The number of aryl methyl sites for hydroxylation is 1. The molecule has 1 amide bonds. The highest BCUT2D eigenvalue weighted by molar-refractivity contribution is 6.30. The maximum atomic E-state index is 12.8. The fourth-order valence-electron chi connectivity index (χ4n) is 1.80. The Labute approximate surface area is 138 Å². The fourth-order valence-corrected chi connectivity index (χ4v) is 2.03. The van der Waals surface area contributed by atoms with Gasteiger partial charge in [0.15, 0.2) is 6.10 Å². The van der Waals surface area contributed by atoms with Crippen LogP contribution in [0.1, 0.15) is 18.1 Å². The summed E-state index contributed by atoms with van der Waals surface area (Å²) in [5.41, 5.74) is 3.90. The fraction of sp³-hybridized carbons (Fsp3) is 0.176. The van der Waals surface area contributed by atoms with Gasteiger partial charge in [-0.25, -0.2) is 9.82 Å². The second-order valence-electron chi connectivity index (χ2n) is 4.96. The SMILES string of the molecule is Cc1cc(Cl)ccc1O[C@@H](C)C(=O)N/N=C/c1ccc(F)cc1. The number of carbonyl (C=O) groups excluding carboxylic acids is 1. The quantitative estimate of drug-likeness (QED) is 0.669. The van der Waals surface area contributed by atoms with Crippen molar-refractivity contribution in [3.63, 3.8) is 0 Å². The molecule has 0 spiro atoms. The third-order valence-corrected chi connectivity index (χ3v) is 3.30. The number of hydrogen-bond acceptors (Lipinski definition) is 3. The highest BCUT2D eigenvalue weighted by Gasteiger charge is 2.15. The lowest BCUT2D eigenvalue weighted by molar-refractivity contribution is -0.127. The van der Waals surface area contributed by atoms with Gasteiger partial charge in [-0.2, -0.15) is 5.10 Å². The van der Waals surface area contributed by atoms with E-state index >= 15 is 0 Å². The molecular weight excluding hydrogens is 319 g/mol. The molecular formula is C17H16ClFN2O2. The number of carbonyl (C=O) groups is 1. The molecule has 0 saturated heterocycles. The number of nitrogens with one attached hydrogen (secondary N) is 1. The summed E-state index contributed by atoms with van der Waals surface area (Å²) in [5.74, 6) is -0.135. The zero-order valence-corrected chi connectivity index (χ0v) is 13.5. The summed E-state index contributed by atoms with van der Waals surface area (Å²) in [6.07, 6.45) is 0.706. The lowest BCUT2D eigenvalue weighted by Crippen LogP contribution is -2.33. The molecule has 1 N–H and O–H groups in total. The standard InChI is InChI=1S/C17H16ClFN2O2/c1-11-9-14(18)5-8-16(11)23-12(2)17(22)21-20-10-13-3-6-15(19)7-4-13/h3-10,12H,1-2H3,(H,21,22)/b20-10+/t12-/m0/s1. The largest absolute Gasteiger partial charge is 0.481 e. The second kappa shape index (κ2) is 7.74. The van der Waals surface area contributed by atoms with Gasteiger partial charge in [0, 0.05) is 5.02 Å². The number of benzene rings is 2. The molecule has 0 fully saturated rings. The van der Waals surface area contributed by atoms with Crippen LogP contribution in [0.25, 0.3) is 0 Å². The van der Waals surface area contributed by atoms with E-state index in [1.54, 1.807) is 37.3 Å². The number of nitrogens with zero attached hydrogens (tertiary/aromatic N) is 1. The third kappa shape index (κ3) is 5.07. The number of ether oxygens (including phenoxy) is 1. The van der Waals surface area contributed by atoms with Gasteiger partial charge >= 0.3 is 0 Å². The molecule has 0 aromatic heterocycles. The Morgan fingerprint density at radius 2 is 2.00 bits per heavy atom. The number of halogens is 2. The smallest absolute Gasteiger partial charge is 0.280 e. The van der Waals surface area contributed by atoms with Gasteiger partial charge in [-0.3, -0.25) is 4.79 Å². The van der Waals surface area contributed by atoms with E-state index in [1.165, 1.54) is 18.3 Å². The van der Waals surface area contributed by atoms with Crippen molar-refractivity contribution in [2.45, 2.75) is 20.0 Å². The highest BCUT2D eigenvalue weighted by Crippen LogP contribution is 2.22. The maximum absolute atomic E-state index is 12.8. The van der Waals surface area contributed by atoms with Crippen molar-refractivity contribution >= 4 is 23.7 Å². The van der Waals surface area contributed by atoms with E-state index in [1.807, 2.05) is 6.92 Å². The van der Waals surface area contributed by atoms with E-state index < -0.39 is 12.0 Å². The van der Waals surface area contributed by atoms with Crippen molar-refractivity contribution in [2.24, 2.45) is 5.10 Å². The monoisotopic (exact) mass is 334 g/mol. The summed E-state index contributed by atoms with van der Waals surface area (Å²) < 4.78 is 18.4. The van der Waals surface area contributed by atoms with Crippen molar-refractivity contribution in [3.8, 4) is 5.75 Å². The van der Waals surface area contributed by atoms with Crippen LogP contribution >= 0.6 is 11.6 Å². The maximum Gasteiger partial charge on any atom is 0.280 e. The Hall–Kier alpha value is -2.40. The molecule has 0 aliphatic rings. The average Bonchev–Trinajstić information content (AvgIpc) is 2.51. The van der Waals surface area contributed by atoms with Crippen molar-refractivity contribution < 1.29 is 13.9 Å². The van der Waals surface area contributed by atoms with E-state index in [0.29, 0.717) is 16.3 Å². The van der Waals surface area contributed by atoms with Crippen LogP contribution < -0.4 is 10.2 Å². The molecule has 6 heteroatoms. The van der Waals surface area contributed by atoms with Crippen molar-refractivity contribution in [1.29, 1.82) is 0 Å². The number of amides is 1. The Kier molecular flexibility index (Phi) is 5.71. The van der Waals surface area contributed by atoms with Crippen molar-refractivity contribution in [2.75, 3.05) is 0 Å². The van der Waals surface area contributed by atoms with Gasteiger partial charge in [0.2, 0.25) is 0 Å². The molecule has 23 heavy (non-hydrogen) atoms. The molecule has 0 radical (unpaired) electrons.